The van der Waals surface area contributed by atoms with Crippen LogP contribution in [0.4, 0.5) is 5.69 Å². The van der Waals surface area contributed by atoms with Crippen molar-refractivity contribution in [2.45, 2.75) is 12.2 Å². The van der Waals surface area contributed by atoms with Crippen LogP contribution in [-0.2, 0) is 4.79 Å². The maximum absolute atomic E-state index is 12.8. The highest BCUT2D eigenvalue weighted by molar-refractivity contribution is 14.1. The van der Waals surface area contributed by atoms with Gasteiger partial charge in [0.05, 0.1) is 56.4 Å². The first-order valence-corrected chi connectivity index (χ1v) is 12.2. The molecule has 1 rings (SSSR count). The molecule has 0 aliphatic rings. The number of carbonyl (C=O) groups is 3. The van der Waals surface area contributed by atoms with Crippen molar-refractivity contribution in [2.75, 3.05) is 44.5 Å². The Balaban J connectivity index is 3.92. The molecule has 1 aromatic rings. The predicted octanol–water partition coefficient (Wildman–Crippen LogP) is -2.06. The maximum atomic E-state index is 12.8. The van der Waals surface area contributed by atoms with Crippen molar-refractivity contribution >= 4 is 91.2 Å². The predicted molar refractivity (Wildman–Crippen MR) is 137 cm³/mol. The van der Waals surface area contributed by atoms with Crippen molar-refractivity contribution in [3.63, 3.8) is 0 Å². The van der Waals surface area contributed by atoms with Gasteiger partial charge in [0.1, 0.15) is 6.73 Å². The van der Waals surface area contributed by atoms with Crippen LogP contribution in [0.1, 0.15) is 20.7 Å². The van der Waals surface area contributed by atoms with E-state index in [1.807, 2.05) is 0 Å². The molecule has 0 aliphatic carbocycles. The van der Waals surface area contributed by atoms with Crippen LogP contribution >= 0.6 is 67.8 Å². The average molecular weight is 793 g/mol. The van der Waals surface area contributed by atoms with E-state index in [0.717, 1.165) is 4.90 Å². The summed E-state index contributed by atoms with van der Waals surface area (Å²) < 4.78 is 0.528. The van der Waals surface area contributed by atoms with E-state index in [1.165, 1.54) is 0 Å². The Morgan fingerprint density at radius 1 is 0.844 bits per heavy atom. The van der Waals surface area contributed by atoms with Gasteiger partial charge in [-0.2, -0.15) is 0 Å². The van der Waals surface area contributed by atoms with Crippen LogP contribution in [0.2, 0.25) is 0 Å². The number of hydrogen-bond donors (Lipinski definition) is 8. The molecule has 3 amide bonds. The third kappa shape index (κ3) is 7.04. The number of anilines is 1. The van der Waals surface area contributed by atoms with Crippen LogP contribution in [0.25, 0.3) is 0 Å². The second kappa shape index (κ2) is 14.1. The summed E-state index contributed by atoms with van der Waals surface area (Å²) in [6.07, 6.45) is -3.30. The van der Waals surface area contributed by atoms with Crippen LogP contribution in [0, 0.1) is 10.7 Å². The lowest BCUT2D eigenvalue weighted by molar-refractivity contribution is -0.128. The van der Waals surface area contributed by atoms with E-state index < -0.39 is 56.4 Å². The topological polar surface area (TPSA) is 200 Å². The number of carbonyl (C=O) groups excluding carboxylic acids is 3. The molecule has 15 heteroatoms. The lowest BCUT2D eigenvalue weighted by atomic mass is 10.1. The van der Waals surface area contributed by atoms with E-state index in [4.69, 9.17) is 10.2 Å². The van der Waals surface area contributed by atoms with Crippen LogP contribution < -0.4 is 15.5 Å². The highest BCUT2D eigenvalue weighted by Gasteiger charge is 2.34. The monoisotopic (exact) mass is 793 g/mol. The van der Waals surface area contributed by atoms with Crippen molar-refractivity contribution in [1.82, 2.24) is 10.6 Å². The summed E-state index contributed by atoms with van der Waals surface area (Å²) in [5.74, 6) is -2.46. The molecule has 0 aromatic heterocycles. The van der Waals surface area contributed by atoms with Gasteiger partial charge in [-0.25, -0.2) is 0 Å². The fourth-order valence-corrected chi connectivity index (χ4v) is 7.25. The number of benzene rings is 1. The van der Waals surface area contributed by atoms with Crippen LogP contribution in [0.15, 0.2) is 0 Å². The normalized spacial score (nSPS) is 12.8. The summed E-state index contributed by atoms with van der Waals surface area (Å²) in [6.45, 7) is -3.29. The van der Waals surface area contributed by atoms with Gasteiger partial charge in [-0.15, -0.1) is 0 Å². The summed E-state index contributed by atoms with van der Waals surface area (Å²) in [5.41, 5.74) is -0.0959. The molecule has 0 unspecified atom stereocenters. The Labute approximate surface area is 223 Å². The summed E-state index contributed by atoms with van der Waals surface area (Å²) in [4.78, 5) is 39.2. The molecule has 32 heavy (non-hydrogen) atoms. The van der Waals surface area contributed by atoms with Crippen molar-refractivity contribution < 1.29 is 45.0 Å². The molecular weight excluding hydrogens is 771 g/mol. The summed E-state index contributed by atoms with van der Waals surface area (Å²) >= 11 is 5.29. The first-order valence-electron chi connectivity index (χ1n) is 8.94. The van der Waals surface area contributed by atoms with Gasteiger partial charge in [-0.1, -0.05) is 0 Å². The summed E-state index contributed by atoms with van der Waals surface area (Å²) in [6, 6.07) is 0. The SMILES string of the molecule is O=C(NCO)c1c(I)c(C(=O)NCCO)c(I)c(N(C[C@@H](O)CO)C(=O)[C@@H](O)CO)c1I. The fourth-order valence-electron chi connectivity index (χ4n) is 2.52. The largest absolute Gasteiger partial charge is 0.395 e. The van der Waals surface area contributed by atoms with Gasteiger partial charge in [0.15, 0.2) is 6.10 Å². The first kappa shape index (κ1) is 29.6. The van der Waals surface area contributed by atoms with Gasteiger partial charge in [-0.05, 0) is 67.8 Å². The van der Waals surface area contributed by atoms with E-state index in [9.17, 15) is 34.8 Å². The molecule has 8 N–H and O–H groups in total. The van der Waals surface area contributed by atoms with E-state index in [1.54, 1.807) is 67.8 Å². The zero-order valence-corrected chi connectivity index (χ0v) is 22.9. The number of nitrogens with one attached hydrogen (secondary N) is 2. The highest BCUT2D eigenvalue weighted by atomic mass is 127. The number of aliphatic hydroxyl groups is 6. The second-order valence-electron chi connectivity index (χ2n) is 6.17. The minimum atomic E-state index is -1.87. The molecule has 12 nitrogen and oxygen atoms in total. The molecular formula is C17H22I3N3O9. The molecule has 0 heterocycles. The number of halogens is 3. The Bertz CT molecular complexity index is 857. The molecule has 180 valence electrons. The number of hydrogen-bond acceptors (Lipinski definition) is 9. The van der Waals surface area contributed by atoms with Gasteiger partial charge in [-0.3, -0.25) is 14.4 Å². The average Bonchev–Trinajstić information content (AvgIpc) is 2.75. The molecule has 0 radical (unpaired) electrons. The van der Waals surface area contributed by atoms with Crippen LogP contribution in [0.3, 0.4) is 0 Å². The third-order valence-corrected chi connectivity index (χ3v) is 7.16. The van der Waals surface area contributed by atoms with E-state index in [-0.39, 0.29) is 40.7 Å². The quantitative estimate of drug-likeness (QED) is 0.0918. The number of aliphatic hydroxyl groups excluding tert-OH is 6. The molecule has 0 saturated carbocycles. The molecule has 0 spiro atoms. The lowest BCUT2D eigenvalue weighted by Gasteiger charge is -2.30. The van der Waals surface area contributed by atoms with Crippen molar-refractivity contribution in [2.24, 2.45) is 0 Å². The smallest absolute Gasteiger partial charge is 0.258 e. The summed E-state index contributed by atoms with van der Waals surface area (Å²) in [5, 5.41) is 61.2. The zero-order valence-electron chi connectivity index (χ0n) is 16.4. The molecule has 0 bridgehead atoms. The zero-order chi connectivity index (χ0) is 24.6. The van der Waals surface area contributed by atoms with Gasteiger partial charge < -0.3 is 46.2 Å². The molecule has 0 saturated heterocycles. The van der Waals surface area contributed by atoms with E-state index in [0.29, 0.717) is 0 Å². The van der Waals surface area contributed by atoms with Gasteiger partial charge in [0.2, 0.25) is 0 Å². The van der Waals surface area contributed by atoms with E-state index >= 15 is 0 Å². The fraction of sp³-hybridized carbons (Fsp3) is 0.471. The first-order chi connectivity index (χ1) is 15.1. The van der Waals surface area contributed by atoms with Gasteiger partial charge in [0.25, 0.3) is 17.7 Å². The minimum Gasteiger partial charge on any atom is -0.395 e. The Hall–Kier alpha value is -0.420. The van der Waals surface area contributed by atoms with Crippen molar-refractivity contribution in [3.05, 3.63) is 21.8 Å². The second-order valence-corrected chi connectivity index (χ2v) is 9.40. The molecule has 1 aromatic carbocycles. The maximum Gasteiger partial charge on any atom is 0.258 e. The van der Waals surface area contributed by atoms with Gasteiger partial charge in [0, 0.05) is 10.1 Å². The van der Waals surface area contributed by atoms with Crippen LogP contribution in [-0.4, -0.2) is 100 Å². The molecule has 0 fully saturated rings. The number of rotatable bonds is 11. The molecule has 0 aliphatic heterocycles. The Morgan fingerprint density at radius 3 is 1.81 bits per heavy atom. The Morgan fingerprint density at radius 2 is 1.38 bits per heavy atom. The Kier molecular flexibility index (Phi) is 13.0. The van der Waals surface area contributed by atoms with Gasteiger partial charge >= 0.3 is 0 Å². The highest BCUT2D eigenvalue weighted by Crippen LogP contribution is 2.38. The number of nitrogens with zero attached hydrogens (tertiary/aromatic N) is 1. The van der Waals surface area contributed by atoms with Crippen molar-refractivity contribution in [3.8, 4) is 0 Å². The minimum absolute atomic E-state index is 0.0196. The molecule has 2 atom stereocenters. The standard InChI is InChI=1S/C17H22I3N3O9/c18-11-9(15(30)21-1-2-24)12(19)14(13(20)10(11)16(31)22-6-27)23(3-7(28)4-25)17(32)8(29)5-26/h7-8,24-29H,1-6H2,(H,21,30)(H,22,31)/t7-,8+/m1/s1. The summed E-state index contributed by atoms with van der Waals surface area (Å²) in [7, 11) is 0. The third-order valence-electron chi connectivity index (χ3n) is 3.98. The van der Waals surface area contributed by atoms with E-state index in [2.05, 4.69) is 10.6 Å². The van der Waals surface area contributed by atoms with Crippen molar-refractivity contribution in [1.29, 1.82) is 0 Å². The lowest BCUT2D eigenvalue weighted by Crippen LogP contribution is -2.46. The van der Waals surface area contributed by atoms with Crippen LogP contribution in [0.5, 0.6) is 0 Å². The number of amides is 3.